The number of nitrogens with one attached hydrogen (secondary N) is 1. The van der Waals surface area contributed by atoms with Crippen LogP contribution in [0.4, 0.5) is 8.68 Å². The second-order valence-electron chi connectivity index (χ2n) is 3.04. The first-order chi connectivity index (χ1) is 5.10. The molecular weight excluding hydrogens is 189 g/mol. The largest absolute Gasteiger partial charge is 0.443 e. The minimum absolute atomic E-state index is 0.852. The van der Waals surface area contributed by atoms with E-state index in [1.807, 2.05) is 0 Å². The van der Waals surface area contributed by atoms with Crippen molar-refractivity contribution in [3.63, 3.8) is 0 Å². The fourth-order valence-electron chi connectivity index (χ4n) is 0.398. The minimum atomic E-state index is -5.02. The highest BCUT2D eigenvalue weighted by Crippen LogP contribution is 2.06. The van der Waals surface area contributed by atoms with E-state index in [1.54, 1.807) is 0 Å². The second-order valence-corrected chi connectivity index (χ2v) is 4.12. The van der Waals surface area contributed by atoms with E-state index in [0.717, 1.165) is 4.72 Å². The van der Waals surface area contributed by atoms with Gasteiger partial charge in [0.05, 0.1) is 0 Å². The van der Waals surface area contributed by atoms with Crippen molar-refractivity contribution in [2.45, 2.75) is 26.4 Å². The lowest BCUT2D eigenvalue weighted by Crippen LogP contribution is -2.34. The molecule has 0 bridgehead atoms. The summed E-state index contributed by atoms with van der Waals surface area (Å²) in [5.41, 5.74) is -0.852. The molecule has 0 aliphatic heterocycles. The average Bonchev–Trinajstić information content (AvgIpc) is 1.49. The van der Waals surface area contributed by atoms with Crippen molar-refractivity contribution in [2.75, 3.05) is 0 Å². The van der Waals surface area contributed by atoms with Crippen LogP contribution >= 0.6 is 0 Å². The quantitative estimate of drug-likeness (QED) is 0.632. The van der Waals surface area contributed by atoms with Gasteiger partial charge in [-0.05, 0) is 20.8 Å². The zero-order chi connectivity index (χ0) is 9.99. The molecule has 0 aromatic rings. The molecule has 0 spiro atoms. The van der Waals surface area contributed by atoms with Gasteiger partial charge in [-0.1, -0.05) is 3.89 Å². The summed E-state index contributed by atoms with van der Waals surface area (Å²) in [5.74, 6) is 0. The molecule has 7 heteroatoms. The number of carbonyl (C=O) groups is 1. The third-order valence-electron chi connectivity index (χ3n) is 0.604. The Kier molecular flexibility index (Phi) is 3.03. The monoisotopic (exact) mass is 199 g/mol. The summed E-state index contributed by atoms with van der Waals surface area (Å²) in [7, 11) is -5.02. The van der Waals surface area contributed by atoms with E-state index >= 15 is 0 Å². The van der Waals surface area contributed by atoms with Crippen LogP contribution < -0.4 is 4.72 Å². The SMILES string of the molecule is CC(C)(C)OC(=O)NS(=O)(=O)F. The number of amides is 1. The summed E-state index contributed by atoms with van der Waals surface area (Å²) < 4.78 is 36.9. The zero-order valence-corrected chi connectivity index (χ0v) is 7.74. The number of hydrogen-bond acceptors (Lipinski definition) is 4. The standard InChI is InChI=1S/C5H10FNO4S/c1-5(2,3)11-4(8)7-12(6,9)10/h1-3H3,(H,7,8). The maximum Gasteiger partial charge on any atom is 0.423 e. The molecule has 0 aliphatic carbocycles. The van der Waals surface area contributed by atoms with Crippen LogP contribution in [0, 0.1) is 0 Å². The average molecular weight is 199 g/mol. The van der Waals surface area contributed by atoms with Crippen molar-refractivity contribution in [1.29, 1.82) is 0 Å². The summed E-state index contributed by atoms with van der Waals surface area (Å²) >= 11 is 0. The number of ether oxygens (including phenoxy) is 1. The number of rotatable bonds is 1. The van der Waals surface area contributed by atoms with Crippen LogP contribution in [0.25, 0.3) is 0 Å². The van der Waals surface area contributed by atoms with Crippen LogP contribution in [0.3, 0.4) is 0 Å². The van der Waals surface area contributed by atoms with Gasteiger partial charge in [0, 0.05) is 0 Å². The molecule has 72 valence electrons. The summed E-state index contributed by atoms with van der Waals surface area (Å²) in [6, 6.07) is 0. The summed E-state index contributed by atoms with van der Waals surface area (Å²) in [6.07, 6.45) is -1.33. The summed E-state index contributed by atoms with van der Waals surface area (Å²) in [6.45, 7) is 4.58. The first-order valence-corrected chi connectivity index (χ1v) is 4.44. The third kappa shape index (κ3) is 7.26. The molecule has 1 amide bonds. The smallest absolute Gasteiger partial charge is 0.423 e. The molecule has 0 saturated heterocycles. The van der Waals surface area contributed by atoms with Crippen LogP contribution in [0.1, 0.15) is 20.8 Å². The molecule has 0 radical (unpaired) electrons. The molecule has 0 atom stereocenters. The Hall–Kier alpha value is -0.850. The van der Waals surface area contributed by atoms with Crippen LogP contribution in [0.5, 0.6) is 0 Å². The van der Waals surface area contributed by atoms with Gasteiger partial charge < -0.3 is 4.74 Å². The van der Waals surface area contributed by atoms with Gasteiger partial charge in [0.2, 0.25) is 0 Å². The zero-order valence-electron chi connectivity index (χ0n) is 6.92. The first-order valence-electron chi connectivity index (χ1n) is 3.05. The highest BCUT2D eigenvalue weighted by Gasteiger charge is 2.20. The van der Waals surface area contributed by atoms with Crippen molar-refractivity contribution in [2.24, 2.45) is 0 Å². The topological polar surface area (TPSA) is 72.5 Å². The molecule has 0 aromatic heterocycles. The van der Waals surface area contributed by atoms with E-state index in [2.05, 4.69) is 4.74 Å². The molecule has 0 saturated carbocycles. The van der Waals surface area contributed by atoms with Gasteiger partial charge in [-0.15, -0.1) is 0 Å². The van der Waals surface area contributed by atoms with E-state index in [-0.39, 0.29) is 0 Å². The number of carbonyl (C=O) groups excluding carboxylic acids is 1. The fourth-order valence-corrected chi connectivity index (χ4v) is 0.639. The molecular formula is C5H10FNO4S. The first kappa shape index (κ1) is 11.2. The Morgan fingerprint density at radius 3 is 2.08 bits per heavy atom. The highest BCUT2D eigenvalue weighted by atomic mass is 32.3. The summed E-state index contributed by atoms with van der Waals surface area (Å²) in [4.78, 5) is 10.5. The van der Waals surface area contributed by atoms with Crippen LogP contribution in [0.15, 0.2) is 0 Å². The van der Waals surface area contributed by atoms with Crippen LogP contribution in [-0.2, 0) is 15.1 Å². The normalized spacial score (nSPS) is 12.3. The van der Waals surface area contributed by atoms with Crippen molar-refractivity contribution in [3.8, 4) is 0 Å². The van der Waals surface area contributed by atoms with Gasteiger partial charge in [0.1, 0.15) is 5.60 Å². The molecule has 0 aliphatic rings. The Bertz CT molecular complexity index is 266. The molecule has 0 aromatic carbocycles. The van der Waals surface area contributed by atoms with Crippen molar-refractivity contribution in [1.82, 2.24) is 4.72 Å². The van der Waals surface area contributed by atoms with Crippen LogP contribution in [-0.4, -0.2) is 20.1 Å². The minimum Gasteiger partial charge on any atom is -0.443 e. The van der Waals surface area contributed by atoms with E-state index < -0.39 is 22.1 Å². The van der Waals surface area contributed by atoms with E-state index in [4.69, 9.17) is 0 Å². The van der Waals surface area contributed by atoms with Gasteiger partial charge in [0.25, 0.3) is 0 Å². The molecule has 0 fully saturated rings. The van der Waals surface area contributed by atoms with Gasteiger partial charge >= 0.3 is 16.5 Å². The molecule has 1 N–H and O–H groups in total. The maximum atomic E-state index is 11.8. The van der Waals surface area contributed by atoms with E-state index in [1.165, 1.54) is 20.8 Å². The Morgan fingerprint density at radius 1 is 1.42 bits per heavy atom. The Morgan fingerprint density at radius 2 is 1.83 bits per heavy atom. The van der Waals surface area contributed by atoms with Crippen molar-refractivity contribution < 1.29 is 21.8 Å². The number of hydrogen-bond donors (Lipinski definition) is 1. The van der Waals surface area contributed by atoms with Gasteiger partial charge in [0.15, 0.2) is 0 Å². The van der Waals surface area contributed by atoms with E-state index in [9.17, 15) is 17.1 Å². The lowest BCUT2D eigenvalue weighted by molar-refractivity contribution is 0.0568. The molecule has 0 heterocycles. The molecule has 0 unspecified atom stereocenters. The highest BCUT2D eigenvalue weighted by molar-refractivity contribution is 7.84. The van der Waals surface area contributed by atoms with Gasteiger partial charge in [-0.2, -0.15) is 13.1 Å². The van der Waals surface area contributed by atoms with Crippen molar-refractivity contribution >= 4 is 16.5 Å². The Labute approximate surface area is 70.2 Å². The lowest BCUT2D eigenvalue weighted by atomic mass is 10.2. The second kappa shape index (κ2) is 3.26. The number of halogens is 1. The Balaban J connectivity index is 4.10. The predicted molar refractivity (Wildman–Crippen MR) is 39.4 cm³/mol. The van der Waals surface area contributed by atoms with Gasteiger partial charge in [-0.3, -0.25) is 0 Å². The van der Waals surface area contributed by atoms with Gasteiger partial charge in [-0.25, -0.2) is 4.79 Å². The molecule has 0 rings (SSSR count). The molecule has 12 heavy (non-hydrogen) atoms. The third-order valence-corrected chi connectivity index (χ3v) is 1.01. The van der Waals surface area contributed by atoms with Crippen LogP contribution in [0.2, 0.25) is 0 Å². The van der Waals surface area contributed by atoms with Crippen molar-refractivity contribution in [3.05, 3.63) is 0 Å². The van der Waals surface area contributed by atoms with E-state index in [0.29, 0.717) is 0 Å². The summed E-state index contributed by atoms with van der Waals surface area (Å²) in [5, 5.41) is 0. The molecule has 5 nitrogen and oxygen atoms in total. The lowest BCUT2D eigenvalue weighted by Gasteiger charge is -2.18. The maximum absolute atomic E-state index is 11.8. The predicted octanol–water partition coefficient (Wildman–Crippen LogP) is 0.725. The fraction of sp³-hybridized carbons (Fsp3) is 0.800.